The maximum Gasteiger partial charge on any atom is 0.123 e. The molecule has 0 atom stereocenters. The molecule has 16 heavy (non-hydrogen) atoms. The van der Waals surface area contributed by atoms with Gasteiger partial charge in [0.2, 0.25) is 0 Å². The Morgan fingerprint density at radius 2 is 1.88 bits per heavy atom. The molecule has 0 radical (unpaired) electrons. The number of rotatable bonds is 5. The Morgan fingerprint density at radius 3 is 2.44 bits per heavy atom. The molecule has 0 amide bonds. The van der Waals surface area contributed by atoms with Crippen molar-refractivity contribution in [2.45, 2.75) is 20.4 Å². The molecule has 1 aromatic carbocycles. The first-order valence-corrected chi connectivity index (χ1v) is 5.52. The van der Waals surface area contributed by atoms with Crippen LogP contribution in [0, 0.1) is 13.8 Å². The number of hydrogen-bond donors (Lipinski definition) is 1. The van der Waals surface area contributed by atoms with Gasteiger partial charge in [0.25, 0.3) is 0 Å². The highest BCUT2D eigenvalue weighted by Gasteiger charge is 2.08. The lowest BCUT2D eigenvalue weighted by Gasteiger charge is -2.18. The monoisotopic (exact) mass is 223 g/mol. The smallest absolute Gasteiger partial charge is 0.123 e. The normalized spacial score (nSPS) is 10.9. The number of aryl methyl sites for hydroxylation is 2. The number of nitrogens with zero attached hydrogens (tertiary/aromatic N) is 1. The number of aliphatic hydroxyl groups is 1. The van der Waals surface area contributed by atoms with Crippen molar-refractivity contribution >= 4 is 0 Å². The van der Waals surface area contributed by atoms with Crippen LogP contribution < -0.4 is 4.74 Å². The molecule has 0 saturated heterocycles. The standard InChI is InChI=1S/C13H21NO2/c1-10-7-12(9-14(3)5-6-15)13(16-4)8-11(10)2/h7-8,15H,5-6,9H2,1-4H3. The minimum absolute atomic E-state index is 0.184. The summed E-state index contributed by atoms with van der Waals surface area (Å²) < 4.78 is 5.37. The molecular weight excluding hydrogens is 202 g/mol. The summed E-state index contributed by atoms with van der Waals surface area (Å²) in [5.74, 6) is 0.924. The van der Waals surface area contributed by atoms with Crippen LogP contribution in [-0.4, -0.2) is 37.3 Å². The summed E-state index contributed by atoms with van der Waals surface area (Å²) in [7, 11) is 3.69. The van der Waals surface area contributed by atoms with Gasteiger partial charge in [0.1, 0.15) is 5.75 Å². The van der Waals surface area contributed by atoms with Gasteiger partial charge in [-0.25, -0.2) is 0 Å². The van der Waals surface area contributed by atoms with E-state index in [4.69, 9.17) is 9.84 Å². The zero-order valence-electron chi connectivity index (χ0n) is 10.6. The highest BCUT2D eigenvalue weighted by molar-refractivity contribution is 5.41. The van der Waals surface area contributed by atoms with Crippen molar-refractivity contribution in [1.82, 2.24) is 4.90 Å². The molecule has 0 aromatic heterocycles. The molecule has 3 heteroatoms. The Labute approximate surface area is 97.7 Å². The number of ether oxygens (including phenoxy) is 1. The molecule has 0 heterocycles. The Hall–Kier alpha value is -1.06. The zero-order valence-corrected chi connectivity index (χ0v) is 10.6. The SMILES string of the molecule is COc1cc(C)c(C)cc1CN(C)CCO. The summed E-state index contributed by atoms with van der Waals surface area (Å²) in [6.45, 7) is 5.84. The van der Waals surface area contributed by atoms with E-state index in [1.54, 1.807) is 7.11 Å². The van der Waals surface area contributed by atoms with Crippen molar-refractivity contribution in [3.8, 4) is 5.75 Å². The first-order chi connectivity index (χ1) is 7.58. The first kappa shape index (κ1) is 13.0. The molecule has 90 valence electrons. The van der Waals surface area contributed by atoms with Crippen molar-refractivity contribution in [3.05, 3.63) is 28.8 Å². The van der Waals surface area contributed by atoms with Gasteiger partial charge in [-0.1, -0.05) is 6.07 Å². The second-order valence-corrected chi connectivity index (χ2v) is 4.21. The summed E-state index contributed by atoms with van der Waals surface area (Å²) in [4.78, 5) is 2.08. The van der Waals surface area contributed by atoms with Crippen LogP contribution in [0.15, 0.2) is 12.1 Å². The van der Waals surface area contributed by atoms with Crippen molar-refractivity contribution in [1.29, 1.82) is 0 Å². The number of hydrogen-bond acceptors (Lipinski definition) is 3. The van der Waals surface area contributed by atoms with Crippen LogP contribution in [0.3, 0.4) is 0 Å². The number of aliphatic hydroxyl groups excluding tert-OH is 1. The van der Waals surface area contributed by atoms with Gasteiger partial charge in [-0.05, 0) is 38.1 Å². The predicted molar refractivity (Wildman–Crippen MR) is 65.9 cm³/mol. The Bertz CT molecular complexity index is 350. The maximum absolute atomic E-state index is 8.87. The van der Waals surface area contributed by atoms with E-state index in [0.717, 1.165) is 12.3 Å². The lowest BCUT2D eigenvalue weighted by molar-refractivity contribution is 0.216. The fraction of sp³-hybridized carbons (Fsp3) is 0.538. The fourth-order valence-electron chi connectivity index (χ4n) is 1.70. The van der Waals surface area contributed by atoms with Crippen molar-refractivity contribution in [2.24, 2.45) is 0 Å². The predicted octanol–water partition coefficient (Wildman–Crippen LogP) is 1.74. The van der Waals surface area contributed by atoms with Crippen molar-refractivity contribution < 1.29 is 9.84 Å². The van der Waals surface area contributed by atoms with Gasteiger partial charge >= 0.3 is 0 Å². The van der Waals surface area contributed by atoms with E-state index in [2.05, 4.69) is 30.9 Å². The number of likely N-dealkylation sites (N-methyl/N-ethyl adjacent to an activating group) is 1. The van der Waals surface area contributed by atoms with E-state index in [9.17, 15) is 0 Å². The molecule has 3 nitrogen and oxygen atoms in total. The molecule has 0 fully saturated rings. The van der Waals surface area contributed by atoms with Crippen LogP contribution in [0.25, 0.3) is 0 Å². The molecule has 0 spiro atoms. The van der Waals surface area contributed by atoms with Gasteiger partial charge < -0.3 is 9.84 Å². The zero-order chi connectivity index (χ0) is 12.1. The molecule has 0 unspecified atom stereocenters. The van der Waals surface area contributed by atoms with E-state index in [1.165, 1.54) is 16.7 Å². The van der Waals surface area contributed by atoms with Gasteiger partial charge in [0, 0.05) is 18.7 Å². The highest BCUT2D eigenvalue weighted by atomic mass is 16.5. The average molecular weight is 223 g/mol. The van der Waals surface area contributed by atoms with Gasteiger partial charge in [0.15, 0.2) is 0 Å². The topological polar surface area (TPSA) is 32.7 Å². The molecule has 0 aliphatic carbocycles. The second kappa shape index (κ2) is 5.87. The van der Waals surface area contributed by atoms with Gasteiger partial charge in [-0.2, -0.15) is 0 Å². The van der Waals surface area contributed by atoms with Gasteiger partial charge in [-0.15, -0.1) is 0 Å². The average Bonchev–Trinajstić information content (AvgIpc) is 2.23. The summed E-state index contributed by atoms with van der Waals surface area (Å²) in [5.41, 5.74) is 3.68. The second-order valence-electron chi connectivity index (χ2n) is 4.21. The largest absolute Gasteiger partial charge is 0.496 e. The molecule has 0 aliphatic heterocycles. The number of methoxy groups -OCH3 is 1. The Balaban J connectivity index is 2.89. The van der Waals surface area contributed by atoms with E-state index in [1.807, 2.05) is 7.05 Å². The Kier molecular flexibility index (Phi) is 4.77. The first-order valence-electron chi connectivity index (χ1n) is 5.52. The Morgan fingerprint density at radius 1 is 1.25 bits per heavy atom. The summed E-state index contributed by atoms with van der Waals surface area (Å²) in [6.07, 6.45) is 0. The molecular formula is C13H21NO2. The summed E-state index contributed by atoms with van der Waals surface area (Å²) in [5, 5.41) is 8.87. The maximum atomic E-state index is 8.87. The van der Waals surface area contributed by atoms with Crippen LogP contribution in [0.2, 0.25) is 0 Å². The quantitative estimate of drug-likeness (QED) is 0.825. The third kappa shape index (κ3) is 3.22. The minimum atomic E-state index is 0.184. The summed E-state index contributed by atoms with van der Waals surface area (Å²) >= 11 is 0. The van der Waals surface area contributed by atoms with E-state index in [-0.39, 0.29) is 6.61 Å². The van der Waals surface area contributed by atoms with Crippen LogP contribution in [0.5, 0.6) is 5.75 Å². The highest BCUT2D eigenvalue weighted by Crippen LogP contribution is 2.23. The van der Waals surface area contributed by atoms with Crippen LogP contribution in [0.4, 0.5) is 0 Å². The fourth-order valence-corrected chi connectivity index (χ4v) is 1.70. The molecule has 1 N–H and O–H groups in total. The molecule has 1 rings (SSSR count). The van der Waals surface area contributed by atoms with Crippen LogP contribution in [0.1, 0.15) is 16.7 Å². The van der Waals surface area contributed by atoms with E-state index < -0.39 is 0 Å². The molecule has 0 aliphatic rings. The third-order valence-corrected chi connectivity index (χ3v) is 2.82. The van der Waals surface area contributed by atoms with E-state index >= 15 is 0 Å². The lowest BCUT2D eigenvalue weighted by Crippen LogP contribution is -2.21. The van der Waals surface area contributed by atoms with Gasteiger partial charge in [-0.3, -0.25) is 4.90 Å². The van der Waals surface area contributed by atoms with Gasteiger partial charge in [0.05, 0.1) is 13.7 Å². The van der Waals surface area contributed by atoms with Crippen LogP contribution in [-0.2, 0) is 6.54 Å². The molecule has 0 saturated carbocycles. The molecule has 0 bridgehead atoms. The number of benzene rings is 1. The summed E-state index contributed by atoms with van der Waals surface area (Å²) in [6, 6.07) is 4.22. The third-order valence-electron chi connectivity index (χ3n) is 2.82. The van der Waals surface area contributed by atoms with Crippen LogP contribution >= 0.6 is 0 Å². The van der Waals surface area contributed by atoms with Crippen molar-refractivity contribution in [3.63, 3.8) is 0 Å². The minimum Gasteiger partial charge on any atom is -0.496 e. The van der Waals surface area contributed by atoms with Crippen molar-refractivity contribution in [2.75, 3.05) is 27.3 Å². The molecule has 1 aromatic rings. The van der Waals surface area contributed by atoms with E-state index in [0.29, 0.717) is 6.54 Å². The lowest BCUT2D eigenvalue weighted by atomic mass is 10.0.